The van der Waals surface area contributed by atoms with E-state index in [0.717, 1.165) is 0 Å². The van der Waals surface area contributed by atoms with Crippen molar-refractivity contribution < 1.29 is 64.6 Å². The van der Waals surface area contributed by atoms with Crippen LogP contribution in [0, 0.1) is 50.4 Å². The summed E-state index contributed by atoms with van der Waals surface area (Å²) < 4.78 is 5.65. The number of ketones is 5. The van der Waals surface area contributed by atoms with Crippen LogP contribution in [0.1, 0.15) is 48.4 Å². The van der Waals surface area contributed by atoms with Gasteiger partial charge in [0.2, 0.25) is 0 Å². The van der Waals surface area contributed by atoms with Gasteiger partial charge in [0.15, 0.2) is 11.6 Å². The molecular weight excluding hydrogens is 614 g/mol. The van der Waals surface area contributed by atoms with Crippen molar-refractivity contribution in [1.29, 1.82) is 0 Å². The predicted molar refractivity (Wildman–Crippen MR) is 100 cm³/mol. The smallest absolute Gasteiger partial charge is 0.541 e. The van der Waals surface area contributed by atoms with E-state index in [1.165, 1.54) is 49.6 Å². The molecule has 0 radical (unpaired) electrons. The van der Waals surface area contributed by atoms with E-state index in [0.29, 0.717) is 0 Å². The summed E-state index contributed by atoms with van der Waals surface area (Å²) in [6.07, 6.45) is 1.44. The fourth-order valence-corrected chi connectivity index (χ4v) is 3.48. The Labute approximate surface area is 195 Å². The Morgan fingerprint density at radius 1 is 0.800 bits per heavy atom. The second-order valence-electron chi connectivity index (χ2n) is 6.57. The molecule has 0 heterocycles. The Morgan fingerprint density at radius 2 is 1.23 bits per heavy atom. The summed E-state index contributed by atoms with van der Waals surface area (Å²) in [4.78, 5) is 71.0. The quantitative estimate of drug-likeness (QED) is 0.378. The molecule has 7 nitrogen and oxygen atoms in total. The van der Waals surface area contributed by atoms with E-state index in [4.69, 9.17) is 4.74 Å². The number of carbonyl (C=O) groups excluding carboxylic acids is 6. The van der Waals surface area contributed by atoms with Crippen LogP contribution in [0.3, 0.4) is 0 Å². The predicted octanol–water partition coefficient (Wildman–Crippen LogP) is 2.62. The molecule has 0 N–H and O–H groups in total. The minimum absolute atomic E-state index is 0. The average Bonchev–Trinajstić information content (AvgIpc) is 3.05. The van der Waals surface area contributed by atoms with Crippen molar-refractivity contribution in [2.75, 3.05) is 0 Å². The zero-order valence-corrected chi connectivity index (χ0v) is 20.1. The van der Waals surface area contributed by atoms with Crippen molar-refractivity contribution in [3.05, 3.63) is 66.1 Å². The molecule has 0 saturated heterocycles. The number of Topliss-reactive ketones (excluding diaryl/α,β-unsaturated/α-hetero) is 5. The number of hydrogen-bond acceptors (Lipinski definition) is 7. The van der Waals surface area contributed by atoms with E-state index < -0.39 is 40.8 Å². The largest absolute Gasteiger partial charge is 2.00 e. The molecule has 0 spiro atoms. The van der Waals surface area contributed by atoms with Gasteiger partial charge in [-0.1, -0.05) is 0 Å². The zero-order valence-electron chi connectivity index (χ0n) is 16.0. The van der Waals surface area contributed by atoms with Crippen LogP contribution in [-0.4, -0.2) is 35.2 Å². The van der Waals surface area contributed by atoms with Crippen LogP contribution >= 0.6 is 0 Å². The van der Waals surface area contributed by atoms with Crippen LogP contribution in [0.15, 0.2) is 36.4 Å². The van der Waals surface area contributed by atoms with Crippen molar-refractivity contribution >= 4 is 35.2 Å². The van der Waals surface area contributed by atoms with Gasteiger partial charge in [-0.25, -0.2) is 6.29 Å². The first kappa shape index (κ1) is 23.6. The third kappa shape index (κ3) is 3.51. The molecule has 30 heavy (non-hydrogen) atoms. The molecule has 148 valence electrons. The van der Waals surface area contributed by atoms with Crippen LogP contribution in [0.5, 0.6) is 11.5 Å². The summed E-state index contributed by atoms with van der Waals surface area (Å²) in [6, 6.07) is 8.42. The molecule has 2 unspecified atom stereocenters. The maximum atomic E-state index is 12.3. The standard InChI is InChI=1S/C21H11O7.CH3.U/c1-9(23)17-20(26)13-5-3-11(7-15(13)21(17)27)28-10-2-4-12-14(6-10)19(25)16(8-22)18(12)24;;/h2-7,16-17H,1H3;1H3;/q2*-1;+2. The number of benzene rings is 2. The summed E-state index contributed by atoms with van der Waals surface area (Å²) in [5.41, 5.74) is 0.465. The van der Waals surface area contributed by atoms with Crippen LogP contribution < -0.4 is 4.74 Å². The molecule has 0 fully saturated rings. The first-order valence-corrected chi connectivity index (χ1v) is 8.34. The molecule has 0 bridgehead atoms. The Hall–Kier alpha value is -2.69. The van der Waals surface area contributed by atoms with Crippen molar-refractivity contribution in [3.63, 3.8) is 0 Å². The minimum Gasteiger partial charge on any atom is -0.541 e. The zero-order chi connectivity index (χ0) is 20.2. The summed E-state index contributed by atoms with van der Waals surface area (Å²) in [5, 5.41) is 0. The molecule has 0 aliphatic heterocycles. The Bertz CT molecular complexity index is 1130. The fourth-order valence-electron chi connectivity index (χ4n) is 3.48. The summed E-state index contributed by atoms with van der Waals surface area (Å²) >= 11 is 0. The SMILES string of the molecule is CC(=O)C1C(=O)c2ccc(Oc3ccc4c(c3)C(=O)C([C-]=O)C4=O)cc2C1=O.[CH3-].[U+2]. The maximum absolute atomic E-state index is 12.3. The third-order valence-electron chi connectivity index (χ3n) is 4.85. The molecule has 2 atom stereocenters. The Kier molecular flexibility index (Phi) is 6.75. The van der Waals surface area contributed by atoms with Gasteiger partial charge >= 0.3 is 31.1 Å². The Balaban J connectivity index is 0.00000160. The normalized spacial score (nSPS) is 18.8. The first-order chi connectivity index (χ1) is 13.3. The molecule has 0 aromatic heterocycles. The van der Waals surface area contributed by atoms with E-state index in [1.807, 2.05) is 0 Å². The molecule has 0 saturated carbocycles. The average molecular weight is 628 g/mol. The van der Waals surface area contributed by atoms with Crippen LogP contribution in [0.2, 0.25) is 0 Å². The van der Waals surface area contributed by atoms with Crippen molar-refractivity contribution in [1.82, 2.24) is 0 Å². The monoisotopic (exact) mass is 628 g/mol. The maximum Gasteiger partial charge on any atom is 2.00 e. The number of rotatable bonds is 4. The second kappa shape index (κ2) is 8.59. The number of fused-ring (bicyclic) bond motifs is 2. The number of carbonyl (C=O) groups is 5. The molecule has 0 amide bonds. The van der Waals surface area contributed by atoms with Crippen LogP contribution in [0.4, 0.5) is 0 Å². The molecule has 4 rings (SSSR count). The van der Waals surface area contributed by atoms with Gasteiger partial charge < -0.3 is 17.0 Å². The topological polar surface area (TPSA) is 112 Å². The van der Waals surface area contributed by atoms with Gasteiger partial charge in [-0.15, -0.1) is 0 Å². The van der Waals surface area contributed by atoms with E-state index in [-0.39, 0.29) is 72.3 Å². The van der Waals surface area contributed by atoms with Crippen LogP contribution in [-0.2, 0) is 9.59 Å². The second-order valence-corrected chi connectivity index (χ2v) is 6.57. The van der Waals surface area contributed by atoms with Gasteiger partial charge in [0.05, 0.1) is 0 Å². The van der Waals surface area contributed by atoms with Crippen molar-refractivity contribution in [3.8, 4) is 11.5 Å². The van der Waals surface area contributed by atoms with E-state index in [2.05, 4.69) is 0 Å². The summed E-state index contributed by atoms with van der Waals surface area (Å²) in [7, 11) is 0. The Morgan fingerprint density at radius 3 is 1.73 bits per heavy atom. The fraction of sp³-hybridized carbons (Fsp3) is 0.136. The van der Waals surface area contributed by atoms with Gasteiger partial charge in [0.1, 0.15) is 34.8 Å². The molecular formula is C22H14O7U. The van der Waals surface area contributed by atoms with Gasteiger partial charge in [-0.3, -0.25) is 24.0 Å². The van der Waals surface area contributed by atoms with Crippen LogP contribution in [0.25, 0.3) is 0 Å². The van der Waals surface area contributed by atoms with E-state index in [9.17, 15) is 28.8 Å². The van der Waals surface area contributed by atoms with E-state index >= 15 is 0 Å². The summed E-state index contributed by atoms with van der Waals surface area (Å²) in [6.45, 7) is 1.19. The molecule has 2 aromatic carbocycles. The minimum atomic E-state index is -1.45. The van der Waals surface area contributed by atoms with Gasteiger partial charge in [-0.2, -0.15) is 0 Å². The molecule has 2 aliphatic carbocycles. The molecule has 8 heteroatoms. The van der Waals surface area contributed by atoms with Gasteiger partial charge in [0, 0.05) is 22.3 Å². The molecule has 2 aliphatic rings. The van der Waals surface area contributed by atoms with Gasteiger partial charge in [0.25, 0.3) is 0 Å². The number of ether oxygens (including phenoxy) is 1. The van der Waals surface area contributed by atoms with Crippen molar-refractivity contribution in [2.24, 2.45) is 11.8 Å². The van der Waals surface area contributed by atoms with E-state index in [1.54, 1.807) is 0 Å². The number of hydrogen-bond donors (Lipinski definition) is 0. The first-order valence-electron chi connectivity index (χ1n) is 8.34. The summed E-state index contributed by atoms with van der Waals surface area (Å²) in [5.74, 6) is -5.18. The van der Waals surface area contributed by atoms with Gasteiger partial charge in [-0.05, 0) is 49.2 Å². The van der Waals surface area contributed by atoms with Crippen molar-refractivity contribution in [2.45, 2.75) is 6.92 Å². The third-order valence-corrected chi connectivity index (χ3v) is 4.85. The molecule has 2 aromatic rings.